The van der Waals surface area contributed by atoms with Gasteiger partial charge in [0.15, 0.2) is 12.6 Å². The van der Waals surface area contributed by atoms with Crippen LogP contribution in [-0.4, -0.2) is 23.2 Å². The molecule has 0 aliphatic rings. The van der Waals surface area contributed by atoms with Gasteiger partial charge < -0.3 is 14.2 Å². The highest BCUT2D eigenvalue weighted by Gasteiger charge is 2.23. The van der Waals surface area contributed by atoms with Gasteiger partial charge in [0.05, 0.1) is 13.2 Å². The molecule has 2 aromatic carbocycles. The van der Waals surface area contributed by atoms with E-state index in [0.717, 1.165) is 95.5 Å². The summed E-state index contributed by atoms with van der Waals surface area (Å²) in [4.78, 5) is 0. The number of alkyl halides is 2. The molecule has 0 N–H and O–H groups in total. The first-order valence-corrected chi connectivity index (χ1v) is 30.4. The highest BCUT2D eigenvalue weighted by molar-refractivity contribution is 9.09. The van der Waals surface area contributed by atoms with Gasteiger partial charge in [-0.1, -0.05) is 188 Å². The molecular weight excluding hydrogens is 952 g/mol. The molecule has 0 aliphatic heterocycles. The fraction of sp³-hybridized carbons (Fsp3) is 0.806. The first kappa shape index (κ1) is 62.4. The van der Waals surface area contributed by atoms with Crippen molar-refractivity contribution < 1.29 is 14.2 Å². The molecule has 0 amide bonds. The molecular formula is C62H108Br2O3. The first-order chi connectivity index (χ1) is 32.0. The Hall–Kier alpha value is -0.720. The van der Waals surface area contributed by atoms with Crippen LogP contribution in [0.2, 0.25) is 0 Å². The van der Waals surface area contributed by atoms with Crippen molar-refractivity contribution in [3.8, 4) is 0 Å². The fourth-order valence-electron chi connectivity index (χ4n) is 12.3. The maximum Gasteiger partial charge on any atom is 0.161 e. The summed E-state index contributed by atoms with van der Waals surface area (Å²) in [5.41, 5.74) is 2.37. The van der Waals surface area contributed by atoms with Crippen molar-refractivity contribution in [3.63, 3.8) is 0 Å². The van der Waals surface area contributed by atoms with E-state index in [0.29, 0.717) is 25.0 Å². The lowest BCUT2D eigenvalue weighted by Gasteiger charge is -2.27. The van der Waals surface area contributed by atoms with Crippen molar-refractivity contribution in [1.82, 2.24) is 0 Å². The molecule has 14 atom stereocenters. The topological polar surface area (TPSA) is 27.7 Å². The van der Waals surface area contributed by atoms with Gasteiger partial charge >= 0.3 is 0 Å². The van der Waals surface area contributed by atoms with Crippen LogP contribution in [0.15, 0.2) is 60.7 Å². The maximum atomic E-state index is 6.88. The van der Waals surface area contributed by atoms with E-state index in [2.05, 4.69) is 176 Å². The van der Waals surface area contributed by atoms with Crippen LogP contribution in [0.25, 0.3) is 0 Å². The van der Waals surface area contributed by atoms with Crippen LogP contribution in [0.4, 0.5) is 0 Å². The van der Waals surface area contributed by atoms with Crippen molar-refractivity contribution in [2.45, 2.75) is 237 Å². The van der Waals surface area contributed by atoms with Crippen molar-refractivity contribution in [3.05, 3.63) is 71.8 Å². The highest BCUT2D eigenvalue weighted by Crippen LogP contribution is 2.33. The van der Waals surface area contributed by atoms with E-state index in [1.54, 1.807) is 0 Å². The van der Waals surface area contributed by atoms with Crippen LogP contribution in [-0.2, 0) is 27.4 Å². The van der Waals surface area contributed by atoms with Gasteiger partial charge in [-0.15, -0.1) is 0 Å². The molecule has 14 unspecified atom stereocenters. The van der Waals surface area contributed by atoms with Gasteiger partial charge in [-0.25, -0.2) is 0 Å². The minimum atomic E-state index is -0.297. The van der Waals surface area contributed by atoms with Crippen molar-refractivity contribution in [1.29, 1.82) is 0 Å². The normalized spacial score (nSPS) is 18.5. The van der Waals surface area contributed by atoms with Gasteiger partial charge in [0.25, 0.3) is 0 Å². The van der Waals surface area contributed by atoms with Crippen molar-refractivity contribution in [2.75, 3.05) is 10.7 Å². The summed E-state index contributed by atoms with van der Waals surface area (Å²) in [6.45, 7) is 30.9. The van der Waals surface area contributed by atoms with Crippen LogP contribution in [0, 0.1) is 71.0 Å². The Labute approximate surface area is 434 Å². The van der Waals surface area contributed by atoms with Crippen molar-refractivity contribution in [2.24, 2.45) is 71.0 Å². The lowest BCUT2D eigenvalue weighted by molar-refractivity contribution is -0.257. The standard InChI is InChI=1S/C62H108Br2O3/c1-47(35-51(5)39-55(9)43-57(11)41-53(7)37-49(3)25-21-33-63)23-19-31-61(65-45-59-27-15-13-16-28-59)67-62(66-46-60-29-17-14-18-30-60)32-20-24-48(2)36-52(6)40-56(10)44-58(12)42-54(8)38-50(4)26-22-34-64/h13-18,27-30,47-58,61-62H,19-26,31-46H2,1-12H3. The fourth-order valence-corrected chi connectivity index (χ4v) is 13.0. The average molecular weight is 1060 g/mol. The second-order valence-corrected chi connectivity index (χ2v) is 25.3. The zero-order valence-corrected chi connectivity index (χ0v) is 49.0. The monoisotopic (exact) mass is 1060 g/mol. The zero-order valence-electron chi connectivity index (χ0n) is 45.8. The predicted octanol–water partition coefficient (Wildman–Crippen LogP) is 20.3. The largest absolute Gasteiger partial charge is 0.348 e. The van der Waals surface area contributed by atoms with Gasteiger partial charge in [-0.05, 0) is 198 Å². The molecule has 2 aromatic rings. The molecule has 5 heteroatoms. The van der Waals surface area contributed by atoms with Gasteiger partial charge in [-0.3, -0.25) is 0 Å². The molecule has 3 nitrogen and oxygen atoms in total. The van der Waals surface area contributed by atoms with Gasteiger partial charge in [0.1, 0.15) is 0 Å². The number of hydrogen-bond donors (Lipinski definition) is 0. The molecule has 0 aliphatic carbocycles. The second-order valence-electron chi connectivity index (χ2n) is 23.7. The number of ether oxygens (including phenoxy) is 3. The van der Waals surface area contributed by atoms with E-state index in [4.69, 9.17) is 14.2 Å². The lowest BCUT2D eigenvalue weighted by atomic mass is 9.81. The van der Waals surface area contributed by atoms with Gasteiger partial charge in [0.2, 0.25) is 0 Å². The quantitative estimate of drug-likeness (QED) is 0.0490. The second kappa shape index (κ2) is 38.0. The van der Waals surface area contributed by atoms with Crippen LogP contribution in [0.3, 0.4) is 0 Å². The average Bonchev–Trinajstić information content (AvgIpc) is 3.25. The van der Waals surface area contributed by atoms with Gasteiger partial charge in [-0.2, -0.15) is 0 Å². The van der Waals surface area contributed by atoms with E-state index < -0.39 is 0 Å². The Balaban J connectivity index is 1.92. The highest BCUT2D eigenvalue weighted by atomic mass is 79.9. The number of benzene rings is 2. The Kier molecular flexibility index (Phi) is 35.4. The minimum absolute atomic E-state index is 0.297. The molecule has 2 rings (SSSR count). The third kappa shape index (κ3) is 32.8. The predicted molar refractivity (Wildman–Crippen MR) is 301 cm³/mol. The third-order valence-corrected chi connectivity index (χ3v) is 16.0. The smallest absolute Gasteiger partial charge is 0.161 e. The summed E-state index contributed by atoms with van der Waals surface area (Å²) >= 11 is 7.22. The summed E-state index contributed by atoms with van der Waals surface area (Å²) in [7, 11) is 0. The van der Waals surface area contributed by atoms with Crippen LogP contribution >= 0.6 is 31.9 Å². The molecule has 388 valence electrons. The van der Waals surface area contributed by atoms with Crippen LogP contribution in [0.5, 0.6) is 0 Å². The molecule has 0 saturated heterocycles. The Morgan fingerprint density at radius 3 is 0.806 bits per heavy atom. The molecule has 0 heterocycles. The summed E-state index contributed by atoms with van der Waals surface area (Å²) in [6, 6.07) is 21.1. The van der Waals surface area contributed by atoms with E-state index in [-0.39, 0.29) is 12.6 Å². The molecule has 67 heavy (non-hydrogen) atoms. The molecule has 0 saturated carbocycles. The number of hydrogen-bond acceptors (Lipinski definition) is 3. The SMILES string of the molecule is CC(CCCBr)CC(C)CC(C)CC(C)CC(C)CC(C)CCCC(OCc1ccccc1)OC(CCCC(C)CC(C)CC(C)CC(C)CC(C)CC(C)CCCBr)OCc1ccccc1. The van der Waals surface area contributed by atoms with Crippen molar-refractivity contribution >= 4 is 31.9 Å². The minimum Gasteiger partial charge on any atom is -0.348 e. The van der Waals surface area contributed by atoms with Gasteiger partial charge in [0, 0.05) is 10.7 Å². The summed E-state index contributed by atoms with van der Waals surface area (Å²) < 4.78 is 20.1. The molecule has 0 aromatic heterocycles. The summed E-state index contributed by atoms with van der Waals surface area (Å²) in [5.74, 6) is 9.40. The Morgan fingerprint density at radius 1 is 0.313 bits per heavy atom. The molecule has 0 bridgehead atoms. The van der Waals surface area contributed by atoms with Crippen LogP contribution < -0.4 is 0 Å². The Bertz CT molecular complexity index is 1300. The van der Waals surface area contributed by atoms with E-state index in [9.17, 15) is 0 Å². The summed E-state index contributed by atoms with van der Waals surface area (Å²) in [5, 5.41) is 2.27. The van der Waals surface area contributed by atoms with E-state index in [1.807, 2.05) is 0 Å². The molecule has 0 radical (unpaired) electrons. The van der Waals surface area contributed by atoms with E-state index >= 15 is 0 Å². The zero-order chi connectivity index (χ0) is 49.4. The summed E-state index contributed by atoms with van der Waals surface area (Å²) in [6.07, 6.45) is 24.6. The number of halogens is 2. The Morgan fingerprint density at radius 2 is 0.552 bits per heavy atom. The number of rotatable bonds is 42. The maximum absolute atomic E-state index is 6.88. The molecule has 0 fully saturated rings. The van der Waals surface area contributed by atoms with Crippen LogP contribution in [0.1, 0.15) is 223 Å². The third-order valence-electron chi connectivity index (χ3n) is 14.8. The molecule has 0 spiro atoms. The lowest BCUT2D eigenvalue weighted by Crippen LogP contribution is -2.27. The first-order valence-electron chi connectivity index (χ1n) is 28.1. The van der Waals surface area contributed by atoms with E-state index in [1.165, 1.54) is 114 Å².